The second-order valence-corrected chi connectivity index (χ2v) is 6.80. The number of unbranched alkanes of at least 4 members (excludes halogenated alkanes) is 1. The number of nitrogens with one attached hydrogen (secondary N) is 1. The van der Waals surface area contributed by atoms with Gasteiger partial charge in [0.05, 0.1) is 5.02 Å². The first-order chi connectivity index (χ1) is 8.90. The minimum Gasteiger partial charge on any atom is -0.329 e. The standard InChI is InChI=1S/C12H18Cl2N2O2S/c1-2-3-4-10(8-15)16-19(17,18)12-7-9(13)5-6-11(12)14/h5-7,10,16H,2-4,8,15H2,1H3. The van der Waals surface area contributed by atoms with Crippen LogP contribution in [0.3, 0.4) is 0 Å². The molecule has 1 unspecified atom stereocenters. The van der Waals surface area contributed by atoms with Crippen LogP contribution in [0.1, 0.15) is 26.2 Å². The Morgan fingerprint density at radius 2 is 2.05 bits per heavy atom. The molecular weight excluding hydrogens is 307 g/mol. The van der Waals surface area contributed by atoms with E-state index in [1.165, 1.54) is 12.1 Å². The molecule has 3 N–H and O–H groups in total. The third kappa shape index (κ3) is 4.93. The van der Waals surface area contributed by atoms with E-state index in [0.29, 0.717) is 11.4 Å². The Bertz CT molecular complexity index is 520. The minimum absolute atomic E-state index is 0.0170. The summed E-state index contributed by atoms with van der Waals surface area (Å²) in [6, 6.07) is 4.04. The molecule has 0 bridgehead atoms. The predicted octanol–water partition coefficient (Wildman–Crippen LogP) is 2.79. The van der Waals surface area contributed by atoms with Gasteiger partial charge in [-0.15, -0.1) is 0 Å². The molecule has 1 rings (SSSR count). The molecule has 1 aromatic rings. The molecule has 0 amide bonds. The third-order valence-electron chi connectivity index (χ3n) is 2.70. The van der Waals surface area contributed by atoms with Crippen LogP contribution in [0.25, 0.3) is 0 Å². The predicted molar refractivity (Wildman–Crippen MR) is 79.2 cm³/mol. The van der Waals surface area contributed by atoms with E-state index in [-0.39, 0.29) is 22.5 Å². The van der Waals surface area contributed by atoms with Crippen molar-refractivity contribution in [3.8, 4) is 0 Å². The number of hydrogen-bond donors (Lipinski definition) is 2. The smallest absolute Gasteiger partial charge is 0.242 e. The van der Waals surface area contributed by atoms with Crippen LogP contribution in [0.2, 0.25) is 10.0 Å². The molecule has 0 heterocycles. The van der Waals surface area contributed by atoms with E-state index in [1.807, 2.05) is 6.92 Å². The summed E-state index contributed by atoms with van der Waals surface area (Å²) in [6.07, 6.45) is 2.59. The van der Waals surface area contributed by atoms with Crippen molar-refractivity contribution in [2.45, 2.75) is 37.1 Å². The number of sulfonamides is 1. The highest BCUT2D eigenvalue weighted by Crippen LogP contribution is 2.25. The molecule has 0 fully saturated rings. The molecule has 1 aromatic carbocycles. The van der Waals surface area contributed by atoms with Gasteiger partial charge in [0.2, 0.25) is 10.0 Å². The van der Waals surface area contributed by atoms with Gasteiger partial charge in [-0.2, -0.15) is 0 Å². The van der Waals surface area contributed by atoms with Crippen molar-refractivity contribution in [2.75, 3.05) is 6.54 Å². The monoisotopic (exact) mass is 324 g/mol. The van der Waals surface area contributed by atoms with Crippen LogP contribution in [0.5, 0.6) is 0 Å². The number of hydrogen-bond acceptors (Lipinski definition) is 3. The first kappa shape index (κ1) is 16.7. The Labute approximate surface area is 124 Å². The fraction of sp³-hybridized carbons (Fsp3) is 0.500. The van der Waals surface area contributed by atoms with Crippen LogP contribution in [0, 0.1) is 0 Å². The fourth-order valence-corrected chi connectivity index (χ4v) is 3.69. The summed E-state index contributed by atoms with van der Waals surface area (Å²) in [7, 11) is -3.70. The Morgan fingerprint density at radius 1 is 1.37 bits per heavy atom. The minimum atomic E-state index is -3.70. The van der Waals surface area contributed by atoms with Crippen molar-refractivity contribution in [3.05, 3.63) is 28.2 Å². The van der Waals surface area contributed by atoms with Crippen LogP contribution >= 0.6 is 23.2 Å². The first-order valence-corrected chi connectivity index (χ1v) is 8.32. The van der Waals surface area contributed by atoms with Crippen molar-refractivity contribution in [2.24, 2.45) is 5.73 Å². The molecule has 1 atom stereocenters. The van der Waals surface area contributed by atoms with Gasteiger partial charge in [-0.1, -0.05) is 43.0 Å². The maximum atomic E-state index is 12.2. The van der Waals surface area contributed by atoms with E-state index in [4.69, 9.17) is 28.9 Å². The topological polar surface area (TPSA) is 72.2 Å². The van der Waals surface area contributed by atoms with Gasteiger partial charge >= 0.3 is 0 Å². The molecule has 0 aliphatic heterocycles. The molecule has 19 heavy (non-hydrogen) atoms. The highest BCUT2D eigenvalue weighted by molar-refractivity contribution is 7.89. The Hall–Kier alpha value is -0.330. The lowest BCUT2D eigenvalue weighted by Gasteiger charge is -2.17. The zero-order valence-electron chi connectivity index (χ0n) is 10.7. The summed E-state index contributed by atoms with van der Waals surface area (Å²) in [5.74, 6) is 0. The van der Waals surface area contributed by atoms with Gasteiger partial charge in [0.1, 0.15) is 4.90 Å². The average Bonchev–Trinajstić information content (AvgIpc) is 2.37. The van der Waals surface area contributed by atoms with E-state index in [2.05, 4.69) is 4.72 Å². The first-order valence-electron chi connectivity index (χ1n) is 6.08. The van der Waals surface area contributed by atoms with Crippen LogP contribution in [-0.4, -0.2) is 21.0 Å². The van der Waals surface area contributed by atoms with Gasteiger partial charge in [0, 0.05) is 17.6 Å². The van der Waals surface area contributed by atoms with E-state index in [0.717, 1.165) is 12.8 Å². The van der Waals surface area contributed by atoms with E-state index in [1.54, 1.807) is 6.07 Å². The van der Waals surface area contributed by atoms with Crippen LogP contribution in [-0.2, 0) is 10.0 Å². The Balaban J connectivity index is 2.93. The lowest BCUT2D eigenvalue weighted by molar-refractivity contribution is 0.516. The summed E-state index contributed by atoms with van der Waals surface area (Å²) in [4.78, 5) is -0.0170. The zero-order chi connectivity index (χ0) is 14.5. The molecule has 7 heteroatoms. The highest BCUT2D eigenvalue weighted by Gasteiger charge is 2.21. The second kappa shape index (κ2) is 7.45. The van der Waals surface area contributed by atoms with Gasteiger partial charge < -0.3 is 5.73 Å². The molecule has 0 aliphatic rings. The number of rotatable bonds is 7. The lowest BCUT2D eigenvalue weighted by Crippen LogP contribution is -2.40. The van der Waals surface area contributed by atoms with Crippen molar-refractivity contribution >= 4 is 33.2 Å². The quantitative estimate of drug-likeness (QED) is 0.810. The molecule has 108 valence electrons. The Kier molecular flexibility index (Phi) is 6.56. The summed E-state index contributed by atoms with van der Waals surface area (Å²) >= 11 is 11.7. The number of nitrogens with two attached hydrogens (primary N) is 1. The van der Waals surface area contributed by atoms with Crippen LogP contribution in [0.15, 0.2) is 23.1 Å². The SMILES string of the molecule is CCCCC(CN)NS(=O)(=O)c1cc(Cl)ccc1Cl. The average molecular weight is 325 g/mol. The second-order valence-electron chi connectivity index (χ2n) is 4.27. The molecule has 0 saturated heterocycles. The normalized spacial score (nSPS) is 13.5. The summed E-state index contributed by atoms with van der Waals surface area (Å²) in [5.41, 5.74) is 5.58. The summed E-state index contributed by atoms with van der Waals surface area (Å²) in [5, 5.41) is 0.464. The van der Waals surface area contributed by atoms with E-state index >= 15 is 0 Å². The Morgan fingerprint density at radius 3 is 2.63 bits per heavy atom. The summed E-state index contributed by atoms with van der Waals surface area (Å²) in [6.45, 7) is 2.29. The summed E-state index contributed by atoms with van der Waals surface area (Å²) < 4.78 is 27.0. The van der Waals surface area contributed by atoms with E-state index < -0.39 is 10.0 Å². The lowest BCUT2D eigenvalue weighted by atomic mass is 10.1. The number of halogens is 2. The maximum absolute atomic E-state index is 12.2. The van der Waals surface area contributed by atoms with Gasteiger partial charge in [-0.05, 0) is 24.6 Å². The van der Waals surface area contributed by atoms with Crippen LogP contribution in [0.4, 0.5) is 0 Å². The van der Waals surface area contributed by atoms with Gasteiger partial charge in [0.25, 0.3) is 0 Å². The van der Waals surface area contributed by atoms with Crippen molar-refractivity contribution in [1.29, 1.82) is 0 Å². The molecule has 0 saturated carbocycles. The molecule has 0 aliphatic carbocycles. The number of benzene rings is 1. The third-order valence-corrected chi connectivity index (χ3v) is 4.93. The molecule has 4 nitrogen and oxygen atoms in total. The largest absolute Gasteiger partial charge is 0.329 e. The van der Waals surface area contributed by atoms with Gasteiger partial charge in [-0.3, -0.25) is 0 Å². The van der Waals surface area contributed by atoms with E-state index in [9.17, 15) is 8.42 Å². The van der Waals surface area contributed by atoms with Crippen molar-refractivity contribution in [3.63, 3.8) is 0 Å². The molecule has 0 radical (unpaired) electrons. The van der Waals surface area contributed by atoms with Gasteiger partial charge in [0.15, 0.2) is 0 Å². The molecule has 0 spiro atoms. The van der Waals surface area contributed by atoms with Crippen LogP contribution < -0.4 is 10.5 Å². The van der Waals surface area contributed by atoms with Crippen molar-refractivity contribution in [1.82, 2.24) is 4.72 Å². The molecular formula is C12H18Cl2N2O2S. The van der Waals surface area contributed by atoms with Crippen molar-refractivity contribution < 1.29 is 8.42 Å². The van der Waals surface area contributed by atoms with Gasteiger partial charge in [-0.25, -0.2) is 13.1 Å². The fourth-order valence-electron chi connectivity index (χ4n) is 1.64. The molecule has 0 aromatic heterocycles. The highest BCUT2D eigenvalue weighted by atomic mass is 35.5. The maximum Gasteiger partial charge on any atom is 0.242 e. The zero-order valence-corrected chi connectivity index (χ0v) is 13.0.